The lowest BCUT2D eigenvalue weighted by Crippen LogP contribution is -2.48. The fourth-order valence-corrected chi connectivity index (χ4v) is 2.45. The fourth-order valence-electron chi connectivity index (χ4n) is 2.45. The van der Waals surface area contributed by atoms with Gasteiger partial charge in [-0.25, -0.2) is 0 Å². The molecule has 2 unspecified atom stereocenters. The van der Waals surface area contributed by atoms with E-state index in [2.05, 4.69) is 18.3 Å². The number of nitrogens with one attached hydrogen (secondary N) is 1. The monoisotopic (exact) mass is 210 g/mol. The van der Waals surface area contributed by atoms with Gasteiger partial charge in [0.1, 0.15) is 5.54 Å². The van der Waals surface area contributed by atoms with Gasteiger partial charge in [0, 0.05) is 6.61 Å². The lowest BCUT2D eigenvalue weighted by Gasteiger charge is -2.36. The van der Waals surface area contributed by atoms with Crippen LogP contribution in [0.4, 0.5) is 0 Å². The number of hydrogen-bond donors (Lipinski definition) is 2. The van der Waals surface area contributed by atoms with Crippen molar-refractivity contribution in [1.29, 1.82) is 5.26 Å². The van der Waals surface area contributed by atoms with Crippen molar-refractivity contribution in [2.24, 2.45) is 5.92 Å². The van der Waals surface area contributed by atoms with Gasteiger partial charge in [-0.05, 0) is 31.7 Å². The second-order valence-corrected chi connectivity index (χ2v) is 4.57. The largest absolute Gasteiger partial charge is 0.396 e. The highest BCUT2D eigenvalue weighted by atomic mass is 16.3. The van der Waals surface area contributed by atoms with Crippen molar-refractivity contribution in [1.82, 2.24) is 5.32 Å². The summed E-state index contributed by atoms with van der Waals surface area (Å²) < 4.78 is 0. The average Bonchev–Trinajstić information content (AvgIpc) is 2.30. The van der Waals surface area contributed by atoms with Gasteiger partial charge in [0.15, 0.2) is 0 Å². The van der Waals surface area contributed by atoms with Crippen LogP contribution in [-0.4, -0.2) is 23.8 Å². The normalized spacial score (nSPS) is 31.1. The molecule has 1 aliphatic rings. The van der Waals surface area contributed by atoms with Crippen molar-refractivity contribution in [2.45, 2.75) is 51.0 Å². The van der Waals surface area contributed by atoms with Gasteiger partial charge in [-0.15, -0.1) is 0 Å². The third-order valence-electron chi connectivity index (χ3n) is 3.44. The first-order valence-corrected chi connectivity index (χ1v) is 6.03. The smallest absolute Gasteiger partial charge is 0.107 e. The molecule has 3 heteroatoms. The average molecular weight is 210 g/mol. The molecule has 2 N–H and O–H groups in total. The van der Waals surface area contributed by atoms with Crippen molar-refractivity contribution in [3.63, 3.8) is 0 Å². The van der Waals surface area contributed by atoms with E-state index in [-0.39, 0.29) is 12.1 Å². The molecule has 0 saturated heterocycles. The Morgan fingerprint density at radius 1 is 1.60 bits per heavy atom. The second kappa shape index (κ2) is 6.09. The minimum absolute atomic E-state index is 0.200. The summed E-state index contributed by atoms with van der Waals surface area (Å²) in [6.07, 6.45) is 6.27. The SMILES string of the molecule is CCC1CCCC(C#N)(NCCCO)C1. The molecule has 0 heterocycles. The lowest BCUT2D eigenvalue weighted by atomic mass is 9.75. The molecule has 0 spiro atoms. The lowest BCUT2D eigenvalue weighted by molar-refractivity contribution is 0.215. The second-order valence-electron chi connectivity index (χ2n) is 4.57. The standard InChI is InChI=1S/C12H22N2O/c1-2-11-5-3-6-12(9-11,10-13)14-7-4-8-15/h11,14-15H,2-9H2,1H3. The van der Waals surface area contributed by atoms with Crippen molar-refractivity contribution in [2.75, 3.05) is 13.2 Å². The Kier molecular flexibility index (Phi) is 5.07. The molecular formula is C12H22N2O. The van der Waals surface area contributed by atoms with E-state index in [0.717, 1.165) is 32.2 Å². The summed E-state index contributed by atoms with van der Waals surface area (Å²) in [6, 6.07) is 2.45. The van der Waals surface area contributed by atoms with Crippen LogP contribution in [-0.2, 0) is 0 Å². The maximum atomic E-state index is 9.28. The van der Waals surface area contributed by atoms with Gasteiger partial charge in [-0.1, -0.05) is 26.2 Å². The molecule has 15 heavy (non-hydrogen) atoms. The topological polar surface area (TPSA) is 56.0 Å². The summed E-state index contributed by atoms with van der Waals surface area (Å²) in [7, 11) is 0. The van der Waals surface area contributed by atoms with E-state index in [4.69, 9.17) is 5.11 Å². The molecule has 0 radical (unpaired) electrons. The van der Waals surface area contributed by atoms with Gasteiger partial charge in [0.25, 0.3) is 0 Å². The van der Waals surface area contributed by atoms with Crippen LogP contribution in [0.3, 0.4) is 0 Å². The van der Waals surface area contributed by atoms with Crippen LogP contribution in [0, 0.1) is 17.2 Å². The zero-order chi connectivity index (χ0) is 11.1. The highest BCUT2D eigenvalue weighted by molar-refractivity contribution is 5.09. The minimum Gasteiger partial charge on any atom is -0.396 e. The summed E-state index contributed by atoms with van der Waals surface area (Å²) in [5.74, 6) is 0.694. The highest BCUT2D eigenvalue weighted by Gasteiger charge is 2.35. The molecule has 0 aromatic rings. The quantitative estimate of drug-likeness (QED) is 0.681. The van der Waals surface area contributed by atoms with Crippen molar-refractivity contribution in [3.05, 3.63) is 0 Å². The molecule has 86 valence electrons. The molecule has 3 nitrogen and oxygen atoms in total. The Morgan fingerprint density at radius 3 is 3.00 bits per heavy atom. The first kappa shape index (κ1) is 12.5. The summed E-state index contributed by atoms with van der Waals surface area (Å²) in [4.78, 5) is 0. The van der Waals surface area contributed by atoms with Gasteiger partial charge in [-0.2, -0.15) is 5.26 Å². The van der Waals surface area contributed by atoms with Gasteiger partial charge in [-0.3, -0.25) is 5.32 Å². The predicted molar refractivity (Wildman–Crippen MR) is 60.3 cm³/mol. The molecule has 1 fully saturated rings. The van der Waals surface area contributed by atoms with E-state index in [0.29, 0.717) is 5.92 Å². The van der Waals surface area contributed by atoms with Crippen molar-refractivity contribution >= 4 is 0 Å². The number of nitrogens with zero attached hydrogens (tertiary/aromatic N) is 1. The van der Waals surface area contributed by atoms with Gasteiger partial charge in [0.2, 0.25) is 0 Å². The molecule has 0 bridgehead atoms. The summed E-state index contributed by atoms with van der Waals surface area (Å²) in [5, 5.41) is 21.3. The Balaban J connectivity index is 2.48. The molecular weight excluding hydrogens is 188 g/mol. The molecule has 0 amide bonds. The molecule has 1 rings (SSSR count). The molecule has 1 saturated carbocycles. The minimum atomic E-state index is -0.311. The van der Waals surface area contributed by atoms with Crippen molar-refractivity contribution in [3.8, 4) is 6.07 Å². The van der Waals surface area contributed by atoms with Crippen LogP contribution in [0.1, 0.15) is 45.4 Å². The zero-order valence-corrected chi connectivity index (χ0v) is 9.63. The third kappa shape index (κ3) is 3.48. The molecule has 2 atom stereocenters. The van der Waals surface area contributed by atoms with Crippen molar-refractivity contribution < 1.29 is 5.11 Å². The van der Waals surface area contributed by atoms with Crippen LogP contribution in [0.15, 0.2) is 0 Å². The van der Waals surface area contributed by atoms with E-state index in [1.54, 1.807) is 0 Å². The van der Waals surface area contributed by atoms with Crippen LogP contribution in [0.5, 0.6) is 0 Å². The van der Waals surface area contributed by atoms with Crippen LogP contribution in [0.2, 0.25) is 0 Å². The molecule has 0 aromatic heterocycles. The van der Waals surface area contributed by atoms with E-state index < -0.39 is 0 Å². The Hall–Kier alpha value is -0.590. The van der Waals surface area contributed by atoms with Crippen LogP contribution in [0.25, 0.3) is 0 Å². The van der Waals surface area contributed by atoms with Crippen LogP contribution < -0.4 is 5.32 Å². The van der Waals surface area contributed by atoms with Gasteiger partial charge in [0.05, 0.1) is 6.07 Å². The number of aliphatic hydroxyl groups excluding tert-OH is 1. The highest BCUT2D eigenvalue weighted by Crippen LogP contribution is 2.33. The van der Waals surface area contributed by atoms with Gasteiger partial charge < -0.3 is 5.11 Å². The number of nitriles is 1. The van der Waals surface area contributed by atoms with E-state index in [1.165, 1.54) is 12.8 Å². The Morgan fingerprint density at radius 2 is 2.40 bits per heavy atom. The molecule has 0 aliphatic heterocycles. The van der Waals surface area contributed by atoms with E-state index >= 15 is 0 Å². The first-order valence-electron chi connectivity index (χ1n) is 6.03. The summed E-state index contributed by atoms with van der Waals surface area (Å²) >= 11 is 0. The third-order valence-corrected chi connectivity index (χ3v) is 3.44. The van der Waals surface area contributed by atoms with E-state index in [1.807, 2.05) is 0 Å². The summed E-state index contributed by atoms with van der Waals surface area (Å²) in [5.41, 5.74) is -0.311. The van der Waals surface area contributed by atoms with Gasteiger partial charge >= 0.3 is 0 Å². The molecule has 1 aliphatic carbocycles. The zero-order valence-electron chi connectivity index (χ0n) is 9.63. The maximum absolute atomic E-state index is 9.28. The number of rotatable bonds is 5. The molecule has 0 aromatic carbocycles. The number of aliphatic hydroxyl groups is 1. The first-order chi connectivity index (χ1) is 7.26. The summed E-state index contributed by atoms with van der Waals surface area (Å²) in [6.45, 7) is 3.15. The number of hydrogen-bond acceptors (Lipinski definition) is 3. The Bertz CT molecular complexity index is 224. The van der Waals surface area contributed by atoms with E-state index in [9.17, 15) is 5.26 Å². The maximum Gasteiger partial charge on any atom is 0.107 e. The predicted octanol–water partition coefficient (Wildman–Crippen LogP) is 1.82. The fraction of sp³-hybridized carbons (Fsp3) is 0.917. The Labute approximate surface area is 92.5 Å². The van der Waals surface area contributed by atoms with Crippen LogP contribution >= 0.6 is 0 Å².